The lowest BCUT2D eigenvalue weighted by Crippen LogP contribution is -2.30. The van der Waals surface area contributed by atoms with Crippen molar-refractivity contribution in [2.24, 2.45) is 15.9 Å². The van der Waals surface area contributed by atoms with Gasteiger partial charge in [0.2, 0.25) is 5.78 Å². The van der Waals surface area contributed by atoms with E-state index in [0.717, 1.165) is 37.3 Å². The quantitative estimate of drug-likeness (QED) is 0.663. The number of rotatable bonds is 1. The summed E-state index contributed by atoms with van der Waals surface area (Å²) in [6, 6.07) is 0.0929. The summed E-state index contributed by atoms with van der Waals surface area (Å²) in [5, 5.41) is 0. The molecule has 4 nitrogen and oxygen atoms in total. The highest BCUT2D eigenvalue weighted by Gasteiger charge is 2.33. The second-order valence-electron chi connectivity index (χ2n) is 4.42. The fourth-order valence-corrected chi connectivity index (χ4v) is 2.57. The molecule has 0 radical (unpaired) electrons. The van der Waals surface area contributed by atoms with E-state index in [-0.39, 0.29) is 11.8 Å². The minimum atomic E-state index is 0.0378. The van der Waals surface area contributed by atoms with Gasteiger partial charge < -0.3 is 4.74 Å². The Kier molecular flexibility index (Phi) is 2.44. The summed E-state index contributed by atoms with van der Waals surface area (Å²) in [6.45, 7) is 1.61. The van der Waals surface area contributed by atoms with Crippen LogP contribution in [-0.4, -0.2) is 37.5 Å². The van der Waals surface area contributed by atoms with Crippen LogP contribution in [0.5, 0.6) is 0 Å². The maximum absolute atomic E-state index is 11.6. The molecule has 3 aliphatic rings. The number of nitrogens with zero attached hydrogens (tertiary/aromatic N) is 2. The molecule has 0 N–H and O–H groups in total. The maximum atomic E-state index is 11.6. The SMILES string of the molecule is O=C1C=NC(C2CCOCC2)C2=C1CC=N2. The van der Waals surface area contributed by atoms with Crippen LogP contribution < -0.4 is 0 Å². The van der Waals surface area contributed by atoms with Crippen molar-refractivity contribution in [3.63, 3.8) is 0 Å². The van der Waals surface area contributed by atoms with Crippen molar-refractivity contribution in [3.8, 4) is 0 Å². The van der Waals surface area contributed by atoms with E-state index in [1.54, 1.807) is 0 Å². The molecule has 3 heterocycles. The first-order valence-electron chi connectivity index (χ1n) is 5.77. The van der Waals surface area contributed by atoms with Gasteiger partial charge in [0.25, 0.3) is 0 Å². The van der Waals surface area contributed by atoms with E-state index in [1.165, 1.54) is 6.21 Å². The van der Waals surface area contributed by atoms with Crippen molar-refractivity contribution in [3.05, 3.63) is 11.3 Å². The zero-order chi connectivity index (χ0) is 11.0. The Morgan fingerprint density at radius 2 is 2.12 bits per heavy atom. The van der Waals surface area contributed by atoms with Gasteiger partial charge in [-0.05, 0) is 18.8 Å². The first kappa shape index (κ1) is 9.90. The van der Waals surface area contributed by atoms with Crippen LogP contribution in [0.3, 0.4) is 0 Å². The Morgan fingerprint density at radius 3 is 2.94 bits per heavy atom. The molecule has 84 valence electrons. The molecule has 1 unspecified atom stereocenters. The molecule has 0 aromatic heterocycles. The standard InChI is InChI=1S/C12H14N2O2/c15-10-7-14-11(8-2-5-16-6-3-8)12-9(10)1-4-13-12/h4,7-8,11H,1-3,5-6H2. The van der Waals surface area contributed by atoms with E-state index in [0.29, 0.717) is 12.3 Å². The van der Waals surface area contributed by atoms with Crippen LogP contribution in [0.2, 0.25) is 0 Å². The molecule has 0 aromatic rings. The summed E-state index contributed by atoms with van der Waals surface area (Å²) < 4.78 is 5.35. The highest BCUT2D eigenvalue weighted by Crippen LogP contribution is 2.33. The Bertz CT molecular complexity index is 403. The predicted octanol–water partition coefficient (Wildman–Crippen LogP) is 1.16. The number of carbonyl (C=O) groups excluding carboxylic acids is 1. The number of aliphatic imine (C=N–C) groups is 2. The zero-order valence-corrected chi connectivity index (χ0v) is 9.06. The molecule has 0 spiro atoms. The van der Waals surface area contributed by atoms with Gasteiger partial charge in [-0.3, -0.25) is 14.8 Å². The average Bonchev–Trinajstić information content (AvgIpc) is 2.81. The van der Waals surface area contributed by atoms with Crippen molar-refractivity contribution < 1.29 is 9.53 Å². The third-order valence-corrected chi connectivity index (χ3v) is 3.48. The lowest BCUT2D eigenvalue weighted by Gasteiger charge is -2.29. The number of hydrogen-bond acceptors (Lipinski definition) is 4. The smallest absolute Gasteiger partial charge is 0.201 e. The first-order chi connectivity index (χ1) is 7.86. The molecule has 1 saturated heterocycles. The molecule has 3 aliphatic heterocycles. The van der Waals surface area contributed by atoms with Gasteiger partial charge in [-0.25, -0.2) is 0 Å². The summed E-state index contributed by atoms with van der Waals surface area (Å²) >= 11 is 0. The number of ether oxygens (including phenoxy) is 1. The topological polar surface area (TPSA) is 51.0 Å². The molecule has 1 fully saturated rings. The minimum Gasteiger partial charge on any atom is -0.381 e. The lowest BCUT2D eigenvalue weighted by molar-refractivity contribution is -0.109. The van der Waals surface area contributed by atoms with E-state index >= 15 is 0 Å². The Labute approximate surface area is 94.1 Å². The molecule has 16 heavy (non-hydrogen) atoms. The highest BCUT2D eigenvalue weighted by atomic mass is 16.5. The van der Waals surface area contributed by atoms with E-state index in [1.807, 2.05) is 6.21 Å². The first-order valence-corrected chi connectivity index (χ1v) is 5.77. The number of carbonyl (C=O) groups is 1. The van der Waals surface area contributed by atoms with Crippen LogP contribution in [0.25, 0.3) is 0 Å². The molecule has 0 saturated carbocycles. The molecule has 3 rings (SSSR count). The molecule has 0 aromatic carbocycles. The van der Waals surface area contributed by atoms with Crippen molar-refractivity contribution in [2.75, 3.05) is 13.2 Å². The second-order valence-corrected chi connectivity index (χ2v) is 4.42. The predicted molar refractivity (Wildman–Crippen MR) is 61.0 cm³/mol. The van der Waals surface area contributed by atoms with Crippen molar-refractivity contribution >= 4 is 18.2 Å². The summed E-state index contributed by atoms with van der Waals surface area (Å²) in [7, 11) is 0. The van der Waals surface area contributed by atoms with Gasteiger partial charge in [0, 0.05) is 31.4 Å². The summed E-state index contributed by atoms with van der Waals surface area (Å²) in [5.41, 5.74) is 1.77. The average molecular weight is 218 g/mol. The zero-order valence-electron chi connectivity index (χ0n) is 9.06. The lowest BCUT2D eigenvalue weighted by atomic mass is 9.87. The summed E-state index contributed by atoms with van der Waals surface area (Å²) in [4.78, 5) is 20.3. The van der Waals surface area contributed by atoms with Gasteiger partial charge in [-0.15, -0.1) is 0 Å². The minimum absolute atomic E-state index is 0.0378. The van der Waals surface area contributed by atoms with Crippen LogP contribution in [0.1, 0.15) is 19.3 Å². The number of allylic oxidation sites excluding steroid dienone is 1. The molecule has 0 amide bonds. The molecule has 4 heteroatoms. The second kappa shape index (κ2) is 3.94. The van der Waals surface area contributed by atoms with Crippen molar-refractivity contribution in [2.45, 2.75) is 25.3 Å². The molecule has 0 aliphatic carbocycles. The van der Waals surface area contributed by atoms with Gasteiger partial charge >= 0.3 is 0 Å². The van der Waals surface area contributed by atoms with Gasteiger partial charge in [0.15, 0.2) is 0 Å². The largest absolute Gasteiger partial charge is 0.381 e. The Balaban J connectivity index is 1.87. The maximum Gasteiger partial charge on any atom is 0.201 e. The van der Waals surface area contributed by atoms with E-state index in [9.17, 15) is 4.79 Å². The number of ketones is 1. The fourth-order valence-electron chi connectivity index (χ4n) is 2.57. The normalized spacial score (nSPS) is 30.0. The van der Waals surface area contributed by atoms with Gasteiger partial charge in [-0.1, -0.05) is 0 Å². The van der Waals surface area contributed by atoms with Crippen LogP contribution in [0, 0.1) is 5.92 Å². The van der Waals surface area contributed by atoms with Gasteiger partial charge in [-0.2, -0.15) is 0 Å². The third-order valence-electron chi connectivity index (χ3n) is 3.48. The molecular weight excluding hydrogens is 204 g/mol. The summed E-state index contributed by atoms with van der Waals surface area (Å²) in [6.07, 6.45) is 6.02. The van der Waals surface area contributed by atoms with E-state index in [4.69, 9.17) is 4.74 Å². The molecular formula is C12H14N2O2. The Morgan fingerprint density at radius 1 is 1.31 bits per heavy atom. The van der Waals surface area contributed by atoms with Gasteiger partial charge in [0.1, 0.15) is 0 Å². The van der Waals surface area contributed by atoms with Crippen molar-refractivity contribution in [1.29, 1.82) is 0 Å². The molecule has 0 bridgehead atoms. The monoisotopic (exact) mass is 218 g/mol. The van der Waals surface area contributed by atoms with Crippen LogP contribution in [0.4, 0.5) is 0 Å². The number of Topliss-reactive ketones (excluding diaryl/α,β-unsaturated/α-hetero) is 1. The van der Waals surface area contributed by atoms with E-state index < -0.39 is 0 Å². The number of hydrogen-bond donors (Lipinski definition) is 0. The fraction of sp³-hybridized carbons (Fsp3) is 0.583. The van der Waals surface area contributed by atoms with Crippen molar-refractivity contribution in [1.82, 2.24) is 0 Å². The van der Waals surface area contributed by atoms with Gasteiger partial charge in [0.05, 0.1) is 18.0 Å². The molecule has 1 atom stereocenters. The summed E-state index contributed by atoms with van der Waals surface area (Å²) in [5.74, 6) is 0.522. The van der Waals surface area contributed by atoms with Crippen LogP contribution >= 0.6 is 0 Å². The van der Waals surface area contributed by atoms with Crippen LogP contribution in [-0.2, 0) is 9.53 Å². The Hall–Kier alpha value is -1.29. The van der Waals surface area contributed by atoms with E-state index in [2.05, 4.69) is 9.98 Å². The van der Waals surface area contributed by atoms with Crippen LogP contribution in [0.15, 0.2) is 21.3 Å². The highest BCUT2D eigenvalue weighted by molar-refractivity contribution is 6.37. The number of dihydropyridines is 1. The third kappa shape index (κ3) is 1.53.